The topological polar surface area (TPSA) is 137 Å². The van der Waals surface area contributed by atoms with E-state index >= 15 is 0 Å². The Bertz CT molecular complexity index is 2280. The molecule has 5 rings (SSSR count). The van der Waals surface area contributed by atoms with E-state index in [-0.39, 0.29) is 23.7 Å². The lowest BCUT2D eigenvalue weighted by molar-refractivity contribution is -0.139. The van der Waals surface area contributed by atoms with Gasteiger partial charge < -0.3 is 20.7 Å². The number of hydrogen-bond donors (Lipinski definition) is 3. The molecule has 0 fully saturated rings. The van der Waals surface area contributed by atoms with Crippen molar-refractivity contribution in [2.45, 2.75) is 104 Å². The maximum Gasteiger partial charge on any atom is 0.257 e. The molecule has 11 heteroatoms. The molecule has 1 aliphatic heterocycles. The van der Waals surface area contributed by atoms with Crippen molar-refractivity contribution in [2.75, 3.05) is 21.2 Å². The maximum atomic E-state index is 14.2. The number of likely N-dealkylation sites (N-methyl/N-ethyl adjacent to an activating group) is 1. The normalized spacial score (nSPS) is 16.0. The van der Waals surface area contributed by atoms with Crippen LogP contribution >= 0.6 is 0 Å². The van der Waals surface area contributed by atoms with Gasteiger partial charge in [-0.1, -0.05) is 139 Å². The van der Waals surface area contributed by atoms with Crippen molar-refractivity contribution in [1.29, 1.82) is 0 Å². The van der Waals surface area contributed by atoms with E-state index in [1.165, 1.54) is 29.5 Å². The Labute approximate surface area is 379 Å². The SMILES string of the molecule is COC1=CC(=O)N(C(=O)/C=C/[C@@H](CCc2ccccc2)NC(=O)[C@H](CC(C)C)NC(=O)[C@H](CC(C)C)NC(=O)[C@H](C(C)C)N(C)C)C1Cc1ccc(-c2ccc3ccccc3c2)cc1. The second-order valence-electron chi connectivity index (χ2n) is 18.3. The van der Waals surface area contributed by atoms with Gasteiger partial charge in [-0.2, -0.15) is 0 Å². The number of carbonyl (C=O) groups excluding carboxylic acids is 5. The minimum atomic E-state index is -0.914. The summed E-state index contributed by atoms with van der Waals surface area (Å²) in [5, 5.41) is 11.4. The number of ether oxygens (including phenoxy) is 1. The van der Waals surface area contributed by atoms with Gasteiger partial charge in [-0.25, -0.2) is 0 Å². The summed E-state index contributed by atoms with van der Waals surface area (Å²) in [6.07, 6.45) is 6.44. The van der Waals surface area contributed by atoms with Gasteiger partial charge in [0.15, 0.2) is 0 Å². The van der Waals surface area contributed by atoms with Crippen molar-refractivity contribution < 1.29 is 28.7 Å². The fraction of sp³-hybridized carbons (Fsp3) is 0.415. The van der Waals surface area contributed by atoms with Gasteiger partial charge in [0.1, 0.15) is 23.9 Å². The first-order chi connectivity index (χ1) is 30.5. The summed E-state index contributed by atoms with van der Waals surface area (Å²) >= 11 is 0. The lowest BCUT2D eigenvalue weighted by atomic mass is 9.98. The zero-order valence-electron chi connectivity index (χ0n) is 39.0. The monoisotopic (exact) mass is 870 g/mol. The molecule has 0 saturated carbocycles. The van der Waals surface area contributed by atoms with Crippen LogP contribution in [0.25, 0.3) is 21.9 Å². The minimum absolute atomic E-state index is 0.0113. The van der Waals surface area contributed by atoms with Crippen LogP contribution in [-0.2, 0) is 41.6 Å². The van der Waals surface area contributed by atoms with Gasteiger partial charge in [-0.05, 0) is 96.6 Å². The first-order valence-electron chi connectivity index (χ1n) is 22.5. The summed E-state index contributed by atoms with van der Waals surface area (Å²) < 4.78 is 5.63. The Hall–Kier alpha value is -6.07. The molecule has 3 N–H and O–H groups in total. The molecule has 0 bridgehead atoms. The highest BCUT2D eigenvalue weighted by Crippen LogP contribution is 2.28. The van der Waals surface area contributed by atoms with Crippen LogP contribution in [0.1, 0.15) is 71.9 Å². The van der Waals surface area contributed by atoms with Gasteiger partial charge in [0.05, 0.1) is 13.2 Å². The van der Waals surface area contributed by atoms with E-state index in [0.717, 1.165) is 27.6 Å². The molecule has 5 amide bonds. The van der Waals surface area contributed by atoms with Crippen LogP contribution in [-0.4, -0.2) is 90.8 Å². The quantitative estimate of drug-likeness (QED) is 0.0733. The van der Waals surface area contributed by atoms with Gasteiger partial charge in [0, 0.05) is 24.6 Å². The molecular weight excluding hydrogens is 803 g/mol. The fourth-order valence-electron chi connectivity index (χ4n) is 8.46. The number of fused-ring (bicyclic) bond motifs is 1. The van der Waals surface area contributed by atoms with Crippen molar-refractivity contribution in [1.82, 2.24) is 25.8 Å². The molecule has 4 aromatic carbocycles. The second-order valence-corrected chi connectivity index (χ2v) is 18.3. The first-order valence-corrected chi connectivity index (χ1v) is 22.5. The van der Waals surface area contributed by atoms with Crippen LogP contribution in [0.3, 0.4) is 0 Å². The van der Waals surface area contributed by atoms with Crippen LogP contribution in [0.4, 0.5) is 0 Å². The van der Waals surface area contributed by atoms with Crippen LogP contribution in [0, 0.1) is 17.8 Å². The smallest absolute Gasteiger partial charge is 0.257 e. The third-order valence-electron chi connectivity index (χ3n) is 11.6. The molecule has 0 radical (unpaired) electrons. The Morgan fingerprint density at radius 1 is 0.703 bits per heavy atom. The lowest BCUT2D eigenvalue weighted by Gasteiger charge is -2.30. The van der Waals surface area contributed by atoms with Gasteiger partial charge in [-0.15, -0.1) is 0 Å². The molecule has 1 heterocycles. The third-order valence-corrected chi connectivity index (χ3v) is 11.6. The average molecular weight is 870 g/mol. The Kier molecular flexibility index (Phi) is 17.6. The number of methoxy groups -OCH3 is 1. The molecule has 0 saturated heterocycles. The Morgan fingerprint density at radius 2 is 1.28 bits per heavy atom. The highest BCUT2D eigenvalue weighted by molar-refractivity contribution is 6.08. The Morgan fingerprint density at radius 3 is 1.88 bits per heavy atom. The van der Waals surface area contributed by atoms with Crippen molar-refractivity contribution in [3.63, 3.8) is 0 Å². The molecule has 1 aliphatic rings. The third kappa shape index (κ3) is 13.5. The molecule has 0 aromatic heterocycles. The van der Waals surface area contributed by atoms with Crippen LogP contribution in [0.2, 0.25) is 0 Å². The van der Waals surface area contributed by atoms with Crippen LogP contribution in [0.5, 0.6) is 0 Å². The zero-order chi connectivity index (χ0) is 46.5. The largest absolute Gasteiger partial charge is 0.499 e. The number of rotatable bonds is 21. The molecular formula is C53H67N5O6. The van der Waals surface area contributed by atoms with Gasteiger partial charge in [0.2, 0.25) is 17.7 Å². The lowest BCUT2D eigenvalue weighted by Crippen LogP contribution is -2.57. The molecule has 5 atom stereocenters. The van der Waals surface area contributed by atoms with E-state index in [4.69, 9.17) is 4.74 Å². The van der Waals surface area contributed by atoms with Crippen molar-refractivity contribution in [3.05, 3.63) is 132 Å². The maximum absolute atomic E-state index is 14.2. The molecule has 11 nitrogen and oxygen atoms in total. The molecule has 340 valence electrons. The highest BCUT2D eigenvalue weighted by Gasteiger charge is 2.38. The number of nitrogens with zero attached hydrogens (tertiary/aromatic N) is 2. The van der Waals surface area contributed by atoms with E-state index in [1.807, 2.05) is 127 Å². The van der Waals surface area contributed by atoms with Crippen molar-refractivity contribution >= 4 is 40.3 Å². The van der Waals surface area contributed by atoms with Crippen molar-refractivity contribution in [2.24, 2.45) is 17.8 Å². The van der Waals surface area contributed by atoms with E-state index in [0.29, 0.717) is 37.9 Å². The summed E-state index contributed by atoms with van der Waals surface area (Å²) in [6, 6.07) is 29.0. The molecule has 4 aromatic rings. The molecule has 0 aliphatic carbocycles. The van der Waals surface area contributed by atoms with E-state index < -0.39 is 53.8 Å². The number of carbonyl (C=O) groups is 5. The number of aryl methyl sites for hydroxylation is 1. The molecule has 1 unspecified atom stereocenters. The van der Waals surface area contributed by atoms with Crippen LogP contribution < -0.4 is 16.0 Å². The second kappa shape index (κ2) is 23.0. The number of benzene rings is 4. The first kappa shape index (κ1) is 49.0. The summed E-state index contributed by atoms with van der Waals surface area (Å²) in [5.74, 6) is -1.58. The minimum Gasteiger partial charge on any atom is -0.499 e. The average Bonchev–Trinajstić information content (AvgIpc) is 3.57. The highest BCUT2D eigenvalue weighted by atomic mass is 16.5. The summed E-state index contributed by atoms with van der Waals surface area (Å²) in [6.45, 7) is 11.8. The van der Waals surface area contributed by atoms with Gasteiger partial charge in [-0.3, -0.25) is 33.8 Å². The van der Waals surface area contributed by atoms with Gasteiger partial charge >= 0.3 is 0 Å². The number of amides is 5. The zero-order valence-corrected chi connectivity index (χ0v) is 39.0. The van der Waals surface area contributed by atoms with E-state index in [2.05, 4.69) is 46.3 Å². The number of imide groups is 1. The predicted octanol–water partition coefficient (Wildman–Crippen LogP) is 7.64. The fourth-order valence-corrected chi connectivity index (χ4v) is 8.46. The van der Waals surface area contributed by atoms with Crippen molar-refractivity contribution in [3.8, 4) is 11.1 Å². The standard InChI is InChI=1S/C53H67N5O6/c1-34(2)29-44(55-52(62)45(30-35(3)4)56-53(63)50(36(5)6)57(7)8)51(61)54-43(26-21-37-15-11-10-12-16-37)27-28-48(59)58-46(47(64-9)33-49(58)60)31-38-19-22-40(23-20-38)42-25-24-39-17-13-14-18-41(39)32-42/h10-20,22-25,27-28,32-36,43-46,50H,21,26,29-31H2,1-9H3,(H,54,61)(H,55,62)(H,56,63)/b28-27+/t43-,44+,45+,46?,50+/m1/s1. The van der Waals surface area contributed by atoms with Gasteiger partial charge in [0.25, 0.3) is 11.8 Å². The summed E-state index contributed by atoms with van der Waals surface area (Å²) in [7, 11) is 5.16. The summed E-state index contributed by atoms with van der Waals surface area (Å²) in [5.41, 5.74) is 4.12. The molecule has 0 spiro atoms. The molecule has 64 heavy (non-hydrogen) atoms. The Balaban J connectivity index is 1.33. The summed E-state index contributed by atoms with van der Waals surface area (Å²) in [4.78, 5) is 72.2. The number of nitrogens with one attached hydrogen (secondary N) is 3. The van der Waals surface area contributed by atoms with Crippen LogP contribution in [0.15, 0.2) is 121 Å². The van der Waals surface area contributed by atoms with E-state index in [9.17, 15) is 24.0 Å². The number of hydrogen-bond acceptors (Lipinski definition) is 7. The predicted molar refractivity (Wildman–Crippen MR) is 255 cm³/mol. The van der Waals surface area contributed by atoms with E-state index in [1.54, 1.807) is 6.08 Å².